The highest BCUT2D eigenvalue weighted by Gasteiger charge is 2.09. The monoisotopic (exact) mass is 368 g/mol. The van der Waals surface area contributed by atoms with Crippen molar-refractivity contribution in [2.75, 3.05) is 13.2 Å². The summed E-state index contributed by atoms with van der Waals surface area (Å²) >= 11 is 0. The summed E-state index contributed by atoms with van der Waals surface area (Å²) < 4.78 is 24.4. The Hall–Kier alpha value is -2.92. The maximum atomic E-state index is 13.6. The molecule has 5 heteroatoms. The quantitative estimate of drug-likeness (QED) is 0.488. The molecule has 0 saturated heterocycles. The molecule has 0 aliphatic heterocycles. The van der Waals surface area contributed by atoms with E-state index < -0.39 is 0 Å². The van der Waals surface area contributed by atoms with Gasteiger partial charge in [0, 0.05) is 12.0 Å². The lowest BCUT2D eigenvalue weighted by atomic mass is 10.1. The average molecular weight is 368 g/mol. The van der Waals surface area contributed by atoms with Crippen LogP contribution in [0.25, 0.3) is 11.3 Å². The fourth-order valence-electron chi connectivity index (χ4n) is 2.83. The van der Waals surface area contributed by atoms with Crippen molar-refractivity contribution in [2.45, 2.75) is 19.9 Å². The second kappa shape index (κ2) is 9.14. The van der Waals surface area contributed by atoms with Crippen molar-refractivity contribution in [3.05, 3.63) is 83.4 Å². The van der Waals surface area contributed by atoms with Crippen molar-refractivity contribution in [2.24, 2.45) is 0 Å². The predicted octanol–water partition coefficient (Wildman–Crippen LogP) is 3.57. The molecule has 2 aromatic carbocycles. The lowest BCUT2D eigenvalue weighted by Gasteiger charge is -2.03. The largest absolute Gasteiger partial charge is 0.462 e. The molecular weight excluding hydrogens is 345 g/mol. The summed E-state index contributed by atoms with van der Waals surface area (Å²) in [6.45, 7) is 3.61. The first kappa shape index (κ1) is 18.9. The molecule has 1 heterocycles. The number of quaternary nitrogens is 1. The summed E-state index contributed by atoms with van der Waals surface area (Å²) in [6, 6.07) is 17.9. The molecule has 0 spiro atoms. The molecule has 0 radical (unpaired) electrons. The van der Waals surface area contributed by atoms with E-state index in [2.05, 4.69) is 5.32 Å². The van der Waals surface area contributed by atoms with Gasteiger partial charge < -0.3 is 14.5 Å². The molecule has 0 amide bonds. The zero-order chi connectivity index (χ0) is 19.1. The Bertz CT molecular complexity index is 887. The first-order valence-corrected chi connectivity index (χ1v) is 9.08. The zero-order valence-electron chi connectivity index (χ0n) is 15.3. The molecular formula is C22H23FNO3+. The van der Waals surface area contributed by atoms with Crippen LogP contribution in [0.3, 0.4) is 0 Å². The molecule has 3 aromatic rings. The van der Waals surface area contributed by atoms with Crippen molar-refractivity contribution < 1.29 is 23.7 Å². The second-order valence-electron chi connectivity index (χ2n) is 6.19. The molecule has 0 unspecified atom stereocenters. The number of hydrogen-bond acceptors (Lipinski definition) is 3. The highest BCUT2D eigenvalue weighted by Crippen LogP contribution is 2.22. The number of furan rings is 1. The predicted molar refractivity (Wildman–Crippen MR) is 101 cm³/mol. The van der Waals surface area contributed by atoms with E-state index in [1.54, 1.807) is 25.1 Å². The van der Waals surface area contributed by atoms with E-state index in [9.17, 15) is 9.18 Å². The number of halogens is 1. The Morgan fingerprint density at radius 2 is 1.85 bits per heavy atom. The van der Waals surface area contributed by atoms with E-state index >= 15 is 0 Å². The van der Waals surface area contributed by atoms with Crippen LogP contribution < -0.4 is 5.32 Å². The summed E-state index contributed by atoms with van der Waals surface area (Å²) in [5.41, 5.74) is 2.16. The molecule has 1 aromatic heterocycles. The van der Waals surface area contributed by atoms with Crippen molar-refractivity contribution in [3.8, 4) is 11.3 Å². The molecule has 0 saturated carbocycles. The van der Waals surface area contributed by atoms with Crippen LogP contribution in [-0.4, -0.2) is 19.1 Å². The highest BCUT2D eigenvalue weighted by molar-refractivity contribution is 5.89. The van der Waals surface area contributed by atoms with E-state index in [4.69, 9.17) is 9.15 Å². The van der Waals surface area contributed by atoms with Crippen LogP contribution in [0.2, 0.25) is 0 Å². The summed E-state index contributed by atoms with van der Waals surface area (Å²) in [5.74, 6) is 1.13. The zero-order valence-corrected chi connectivity index (χ0v) is 15.3. The van der Waals surface area contributed by atoms with Gasteiger partial charge in [-0.25, -0.2) is 9.18 Å². The summed E-state index contributed by atoms with van der Waals surface area (Å²) in [7, 11) is 0. The third kappa shape index (κ3) is 5.05. The molecule has 27 heavy (non-hydrogen) atoms. The Balaban J connectivity index is 1.52. The van der Waals surface area contributed by atoms with Gasteiger partial charge in [0.2, 0.25) is 0 Å². The van der Waals surface area contributed by atoms with Crippen LogP contribution in [0, 0.1) is 5.82 Å². The van der Waals surface area contributed by atoms with Crippen molar-refractivity contribution in [1.82, 2.24) is 0 Å². The minimum Gasteiger partial charge on any atom is -0.462 e. The van der Waals surface area contributed by atoms with E-state index in [0.717, 1.165) is 29.2 Å². The molecule has 0 aliphatic carbocycles. The molecule has 0 fully saturated rings. The van der Waals surface area contributed by atoms with Gasteiger partial charge in [-0.15, -0.1) is 0 Å². The Morgan fingerprint density at radius 3 is 2.59 bits per heavy atom. The van der Waals surface area contributed by atoms with Gasteiger partial charge in [-0.05, 0) is 42.8 Å². The smallest absolute Gasteiger partial charge is 0.338 e. The summed E-state index contributed by atoms with van der Waals surface area (Å²) in [5, 5.41) is 2.10. The minimum absolute atomic E-state index is 0.155. The van der Waals surface area contributed by atoms with Crippen LogP contribution >= 0.6 is 0 Å². The van der Waals surface area contributed by atoms with Crippen molar-refractivity contribution in [3.63, 3.8) is 0 Å². The van der Waals surface area contributed by atoms with Crippen LogP contribution in [0.1, 0.15) is 28.6 Å². The molecule has 0 bridgehead atoms. The number of carbonyl (C=O) groups excluding carboxylic acids is 1. The summed E-state index contributed by atoms with van der Waals surface area (Å²) in [4.78, 5) is 11.7. The van der Waals surface area contributed by atoms with Gasteiger partial charge in [0.1, 0.15) is 18.1 Å². The van der Waals surface area contributed by atoms with Gasteiger partial charge >= 0.3 is 5.97 Å². The van der Waals surface area contributed by atoms with E-state index in [0.29, 0.717) is 25.1 Å². The van der Waals surface area contributed by atoms with E-state index in [-0.39, 0.29) is 11.8 Å². The third-order valence-corrected chi connectivity index (χ3v) is 4.26. The molecule has 3 rings (SSSR count). The third-order valence-electron chi connectivity index (χ3n) is 4.26. The van der Waals surface area contributed by atoms with Gasteiger partial charge in [-0.3, -0.25) is 0 Å². The van der Waals surface area contributed by atoms with Gasteiger partial charge in [0.05, 0.1) is 18.7 Å². The number of carbonyl (C=O) groups is 1. The van der Waals surface area contributed by atoms with Gasteiger partial charge in [0.25, 0.3) is 0 Å². The Labute approximate surface area is 158 Å². The number of hydrogen-bond donors (Lipinski definition) is 1. The van der Waals surface area contributed by atoms with Crippen molar-refractivity contribution >= 4 is 5.97 Å². The van der Waals surface area contributed by atoms with Crippen LogP contribution in [0.15, 0.2) is 65.1 Å². The molecule has 140 valence electrons. The Morgan fingerprint density at radius 1 is 1.07 bits per heavy atom. The van der Waals surface area contributed by atoms with Crippen LogP contribution in [0.4, 0.5) is 4.39 Å². The van der Waals surface area contributed by atoms with Crippen LogP contribution in [0.5, 0.6) is 0 Å². The molecule has 0 atom stereocenters. The van der Waals surface area contributed by atoms with E-state index in [1.165, 1.54) is 6.07 Å². The molecule has 4 nitrogen and oxygen atoms in total. The molecule has 2 N–H and O–H groups in total. The number of benzene rings is 2. The van der Waals surface area contributed by atoms with Crippen molar-refractivity contribution in [1.29, 1.82) is 0 Å². The fraction of sp³-hybridized carbons (Fsp3) is 0.227. The topological polar surface area (TPSA) is 56.0 Å². The molecule has 0 aliphatic rings. The average Bonchev–Trinajstić information content (AvgIpc) is 3.16. The normalized spacial score (nSPS) is 10.7. The first-order valence-electron chi connectivity index (χ1n) is 9.08. The number of ether oxygens (including phenoxy) is 1. The SMILES string of the molecule is CCOC(=O)c1ccc(-c2ccc(C[NH2+]CCc3ccccc3F)o2)cc1. The number of esters is 1. The van der Waals surface area contributed by atoms with Crippen LogP contribution in [-0.2, 0) is 17.7 Å². The van der Waals surface area contributed by atoms with E-state index in [1.807, 2.05) is 36.4 Å². The highest BCUT2D eigenvalue weighted by atomic mass is 19.1. The maximum Gasteiger partial charge on any atom is 0.338 e. The Kier molecular flexibility index (Phi) is 6.39. The summed E-state index contributed by atoms with van der Waals surface area (Å²) in [6.07, 6.45) is 0.676. The second-order valence-corrected chi connectivity index (χ2v) is 6.19. The first-order chi connectivity index (χ1) is 13.2. The maximum absolute atomic E-state index is 13.6. The fourth-order valence-corrected chi connectivity index (χ4v) is 2.83. The van der Waals surface area contributed by atoms with Gasteiger partial charge in [-0.1, -0.05) is 30.3 Å². The lowest BCUT2D eigenvalue weighted by Crippen LogP contribution is -2.83. The van der Waals surface area contributed by atoms with Gasteiger partial charge in [0.15, 0.2) is 5.76 Å². The lowest BCUT2D eigenvalue weighted by molar-refractivity contribution is -0.671. The number of nitrogens with two attached hydrogens (primary N) is 1. The van der Waals surface area contributed by atoms with Gasteiger partial charge in [-0.2, -0.15) is 0 Å². The standard InChI is InChI=1S/C22H22FNO3/c1-2-26-22(25)18-9-7-17(8-10-18)21-12-11-19(27-21)15-24-14-13-16-5-3-4-6-20(16)23/h3-12,24H,2,13-15H2,1H3/p+1. The number of rotatable bonds is 8. The minimum atomic E-state index is -0.325.